The largest absolute Gasteiger partial charge is 0.481 e. The smallest absolute Gasteiger partial charge is 0.307 e. The van der Waals surface area contributed by atoms with Crippen molar-refractivity contribution >= 4 is 46.8 Å². The summed E-state index contributed by atoms with van der Waals surface area (Å²) in [6.45, 7) is 1.80. The Kier molecular flexibility index (Phi) is 7.07. The molecule has 1 aromatic heterocycles. The van der Waals surface area contributed by atoms with Crippen LogP contribution in [0, 0.1) is 6.92 Å². The van der Waals surface area contributed by atoms with Crippen LogP contribution in [0.25, 0.3) is 0 Å². The van der Waals surface area contributed by atoms with E-state index in [0.717, 1.165) is 5.69 Å². The third-order valence-corrected chi connectivity index (χ3v) is 6.47. The summed E-state index contributed by atoms with van der Waals surface area (Å²) >= 11 is 0. The molecule has 2 heterocycles. The van der Waals surface area contributed by atoms with Gasteiger partial charge in [0.2, 0.25) is 5.91 Å². The summed E-state index contributed by atoms with van der Waals surface area (Å²) in [6.07, 6.45) is 1.46. The number of anilines is 2. The van der Waals surface area contributed by atoms with Gasteiger partial charge < -0.3 is 15.7 Å². The van der Waals surface area contributed by atoms with Gasteiger partial charge in [0.1, 0.15) is 11.6 Å². The number of nitrogens with one attached hydrogen (secondary N) is 2. The number of carboxylic acids is 1. The number of hydrogen-bond donors (Lipinski definition) is 3. The van der Waals surface area contributed by atoms with Crippen molar-refractivity contribution in [3.63, 3.8) is 0 Å². The van der Waals surface area contributed by atoms with Crippen LogP contribution in [0.2, 0.25) is 0 Å². The van der Waals surface area contributed by atoms with Crippen molar-refractivity contribution < 1.29 is 24.3 Å². The lowest BCUT2D eigenvalue weighted by Gasteiger charge is -2.09. The quantitative estimate of drug-likeness (QED) is 0.227. The van der Waals surface area contributed by atoms with Crippen LogP contribution in [0.15, 0.2) is 77.8 Å². The number of amides is 2. The number of aryl methyl sites for hydroxylation is 2. The Balaban J connectivity index is 1.31. The molecule has 1 aliphatic rings. The number of carbonyl (C=O) groups is 4. The Morgan fingerprint density at radius 1 is 1.05 bits per heavy atom. The first-order valence-electron chi connectivity index (χ1n) is 12.4. The van der Waals surface area contributed by atoms with Gasteiger partial charge in [-0.1, -0.05) is 36.4 Å². The number of rotatable bonds is 8. The highest BCUT2D eigenvalue weighted by atomic mass is 16.4. The van der Waals surface area contributed by atoms with E-state index in [1.54, 1.807) is 86.8 Å². The van der Waals surface area contributed by atoms with Crippen molar-refractivity contribution in [1.29, 1.82) is 0 Å². The van der Waals surface area contributed by atoms with E-state index in [4.69, 9.17) is 5.11 Å². The second-order valence-electron chi connectivity index (χ2n) is 9.44. The molecule has 10 nitrogen and oxygen atoms in total. The molecule has 0 saturated carbocycles. The number of carbonyl (C=O) groups excluding carboxylic acids is 3. The minimum absolute atomic E-state index is 0.0760. The number of benzene rings is 3. The summed E-state index contributed by atoms with van der Waals surface area (Å²) in [4.78, 5) is 53.8. The summed E-state index contributed by atoms with van der Waals surface area (Å²) in [6, 6.07) is 20.1. The van der Waals surface area contributed by atoms with Gasteiger partial charge >= 0.3 is 5.97 Å². The molecule has 40 heavy (non-hydrogen) atoms. The monoisotopic (exact) mass is 535 g/mol. The third kappa shape index (κ3) is 5.56. The molecular formula is C30H25N5O5. The fraction of sp³-hybridized carbons (Fsp3) is 0.133. The molecule has 0 radical (unpaired) electrons. The fourth-order valence-electron chi connectivity index (χ4n) is 4.53. The van der Waals surface area contributed by atoms with Crippen LogP contribution >= 0.6 is 0 Å². The van der Waals surface area contributed by atoms with Crippen LogP contribution in [0.4, 0.5) is 17.1 Å². The normalized spacial score (nSPS) is 14.2. The van der Waals surface area contributed by atoms with E-state index in [9.17, 15) is 19.2 Å². The highest BCUT2D eigenvalue weighted by molar-refractivity contribution is 6.15. The lowest BCUT2D eigenvalue weighted by Crippen LogP contribution is -2.16. The Morgan fingerprint density at radius 3 is 2.50 bits per heavy atom. The number of fused-ring (bicyclic) bond motifs is 1. The number of hydrogen-bond acceptors (Lipinski definition) is 6. The van der Waals surface area contributed by atoms with Crippen LogP contribution in [0.1, 0.15) is 49.1 Å². The zero-order chi connectivity index (χ0) is 28.4. The van der Waals surface area contributed by atoms with Crippen molar-refractivity contribution in [3.05, 3.63) is 106 Å². The van der Waals surface area contributed by atoms with Crippen molar-refractivity contribution in [3.8, 4) is 0 Å². The molecule has 2 amide bonds. The van der Waals surface area contributed by atoms with Gasteiger partial charge in [0.25, 0.3) is 5.91 Å². The molecule has 1 aliphatic heterocycles. The molecule has 4 aromatic rings. The van der Waals surface area contributed by atoms with Gasteiger partial charge in [-0.2, -0.15) is 5.10 Å². The highest BCUT2D eigenvalue weighted by Crippen LogP contribution is 2.33. The van der Waals surface area contributed by atoms with Crippen LogP contribution in [0.5, 0.6) is 0 Å². The molecule has 3 N–H and O–H groups in total. The zero-order valence-electron chi connectivity index (χ0n) is 21.7. The molecule has 1 atom stereocenters. The molecule has 1 unspecified atom stereocenters. The standard InChI is InChI=1S/C30H25N5O5/c1-17-12-26(35(2)34-17)30(40)32-22-5-3-4-19(14-22)28(38)20-8-11-23-24(29(39)33-25(23)15-20)16-31-21-9-6-18(7-10-21)13-27(36)37/h3-12,14-16,24H,13H2,1-2H3,(H,32,40)(H,33,39)(H,36,37). The maximum Gasteiger partial charge on any atom is 0.307 e. The van der Waals surface area contributed by atoms with E-state index < -0.39 is 11.9 Å². The first kappa shape index (κ1) is 26.2. The molecule has 0 spiro atoms. The van der Waals surface area contributed by atoms with Crippen LogP contribution in [0.3, 0.4) is 0 Å². The van der Waals surface area contributed by atoms with Gasteiger partial charge in [-0.05, 0) is 54.4 Å². The van der Waals surface area contributed by atoms with Gasteiger partial charge in [0, 0.05) is 35.8 Å². The average Bonchev–Trinajstić information content (AvgIpc) is 3.43. The van der Waals surface area contributed by atoms with Crippen molar-refractivity contribution in [1.82, 2.24) is 9.78 Å². The number of ketones is 1. The maximum absolute atomic E-state index is 13.3. The minimum atomic E-state index is -0.913. The third-order valence-electron chi connectivity index (χ3n) is 6.47. The van der Waals surface area contributed by atoms with Gasteiger partial charge in [-0.15, -0.1) is 0 Å². The summed E-state index contributed by atoms with van der Waals surface area (Å²) in [5.41, 5.74) is 4.83. The molecule has 0 saturated heterocycles. The van der Waals surface area contributed by atoms with E-state index in [1.165, 1.54) is 10.9 Å². The zero-order valence-corrected chi connectivity index (χ0v) is 21.7. The molecule has 200 valence electrons. The van der Waals surface area contributed by atoms with E-state index >= 15 is 0 Å². The molecule has 0 bridgehead atoms. The van der Waals surface area contributed by atoms with Crippen molar-refractivity contribution in [2.75, 3.05) is 10.6 Å². The lowest BCUT2D eigenvalue weighted by molar-refractivity contribution is -0.136. The summed E-state index contributed by atoms with van der Waals surface area (Å²) < 4.78 is 1.49. The van der Waals surface area contributed by atoms with Crippen molar-refractivity contribution in [2.45, 2.75) is 19.3 Å². The second-order valence-corrected chi connectivity index (χ2v) is 9.44. The summed E-state index contributed by atoms with van der Waals surface area (Å²) in [7, 11) is 1.69. The molecular weight excluding hydrogens is 510 g/mol. The maximum atomic E-state index is 13.3. The summed E-state index contributed by atoms with van der Waals surface area (Å²) in [5, 5.41) is 18.7. The fourth-order valence-corrected chi connectivity index (χ4v) is 4.53. The van der Waals surface area contributed by atoms with E-state index in [-0.39, 0.29) is 24.0 Å². The minimum Gasteiger partial charge on any atom is -0.481 e. The molecule has 0 aliphatic carbocycles. The number of aliphatic carboxylic acids is 1. The Hall–Kier alpha value is -5.38. The molecule has 10 heteroatoms. The van der Waals surface area contributed by atoms with E-state index in [0.29, 0.717) is 45.0 Å². The number of aromatic nitrogens is 2. The first-order chi connectivity index (χ1) is 19.2. The van der Waals surface area contributed by atoms with E-state index in [2.05, 4.69) is 20.7 Å². The van der Waals surface area contributed by atoms with Crippen molar-refractivity contribution in [2.24, 2.45) is 12.0 Å². The van der Waals surface area contributed by atoms with Crippen LogP contribution in [-0.2, 0) is 23.1 Å². The second kappa shape index (κ2) is 10.8. The van der Waals surface area contributed by atoms with Crippen LogP contribution < -0.4 is 10.6 Å². The number of aliphatic imine (C=N–C) groups is 1. The first-order valence-corrected chi connectivity index (χ1v) is 12.4. The van der Waals surface area contributed by atoms with Gasteiger partial charge in [-0.25, -0.2) is 0 Å². The van der Waals surface area contributed by atoms with Gasteiger partial charge in [0.05, 0.1) is 17.8 Å². The van der Waals surface area contributed by atoms with Gasteiger partial charge in [0.15, 0.2) is 5.78 Å². The van der Waals surface area contributed by atoms with Gasteiger partial charge in [-0.3, -0.25) is 28.9 Å². The average molecular weight is 536 g/mol. The number of carboxylic acid groups (broad SMARTS) is 1. The highest BCUT2D eigenvalue weighted by Gasteiger charge is 2.30. The van der Waals surface area contributed by atoms with Crippen LogP contribution in [-0.4, -0.2) is 44.7 Å². The lowest BCUT2D eigenvalue weighted by atomic mass is 9.97. The predicted octanol–water partition coefficient (Wildman–Crippen LogP) is 4.28. The molecule has 0 fully saturated rings. The SMILES string of the molecule is Cc1cc(C(=O)Nc2cccc(C(=O)c3ccc4c(c3)NC(=O)C4C=Nc3ccc(CC(=O)O)cc3)c2)n(C)n1. The predicted molar refractivity (Wildman–Crippen MR) is 150 cm³/mol. The topological polar surface area (TPSA) is 143 Å². The summed E-state index contributed by atoms with van der Waals surface area (Å²) in [5.74, 6) is -2.41. The Morgan fingerprint density at radius 2 is 1.80 bits per heavy atom. The Bertz CT molecular complexity index is 1690. The number of nitrogens with zero attached hydrogens (tertiary/aromatic N) is 3. The van der Waals surface area contributed by atoms with E-state index in [1.807, 2.05) is 0 Å². The molecule has 5 rings (SSSR count). The Labute approximate surface area is 229 Å². The molecule has 3 aromatic carbocycles.